The molecule has 88 valence electrons. The minimum Gasteiger partial charge on any atom is -0.409 e. The Labute approximate surface area is 90.7 Å². The van der Waals surface area contributed by atoms with Crippen LogP contribution in [0.15, 0.2) is 5.16 Å². The summed E-state index contributed by atoms with van der Waals surface area (Å²) in [6.45, 7) is 7.69. The van der Waals surface area contributed by atoms with Crippen LogP contribution in [0.2, 0.25) is 0 Å². The molecule has 15 heavy (non-hydrogen) atoms. The number of nitrogens with one attached hydrogen (secondary N) is 1. The lowest BCUT2D eigenvalue weighted by Gasteiger charge is -2.20. The molecule has 4 N–H and O–H groups in total. The summed E-state index contributed by atoms with van der Waals surface area (Å²) in [5, 5.41) is 14.1. The highest BCUT2D eigenvalue weighted by Crippen LogP contribution is 2.09. The van der Waals surface area contributed by atoms with Crippen LogP contribution in [0, 0.1) is 11.8 Å². The lowest BCUT2D eigenvalue weighted by atomic mass is 9.97. The summed E-state index contributed by atoms with van der Waals surface area (Å²) in [5.74, 6) is 0.172. The fraction of sp³-hybridized carbons (Fsp3) is 0.800. The summed E-state index contributed by atoms with van der Waals surface area (Å²) in [6, 6.07) is -0.385. The summed E-state index contributed by atoms with van der Waals surface area (Å²) >= 11 is 0. The second-order valence-corrected chi connectivity index (χ2v) is 4.03. The summed E-state index contributed by atoms with van der Waals surface area (Å²) < 4.78 is 0. The zero-order valence-electron chi connectivity index (χ0n) is 9.82. The zero-order valence-corrected chi connectivity index (χ0v) is 9.82. The van der Waals surface area contributed by atoms with Crippen LogP contribution in [0.3, 0.4) is 0 Å². The van der Waals surface area contributed by atoms with E-state index >= 15 is 0 Å². The van der Waals surface area contributed by atoms with E-state index in [2.05, 4.69) is 10.5 Å². The van der Waals surface area contributed by atoms with Gasteiger partial charge in [0.2, 0.25) is 5.91 Å². The van der Waals surface area contributed by atoms with Crippen molar-refractivity contribution in [3.8, 4) is 0 Å². The topological polar surface area (TPSA) is 87.7 Å². The van der Waals surface area contributed by atoms with E-state index in [4.69, 9.17) is 10.9 Å². The van der Waals surface area contributed by atoms with E-state index in [1.165, 1.54) is 0 Å². The molecule has 0 aromatic carbocycles. The van der Waals surface area contributed by atoms with Crippen LogP contribution >= 0.6 is 0 Å². The quantitative estimate of drug-likeness (QED) is 0.276. The molecule has 0 rings (SSSR count). The normalized spacial score (nSPS) is 16.2. The maximum atomic E-state index is 11.7. The molecule has 5 nitrogen and oxygen atoms in total. The van der Waals surface area contributed by atoms with Gasteiger partial charge in [-0.3, -0.25) is 4.79 Å². The highest BCUT2D eigenvalue weighted by Gasteiger charge is 2.21. The van der Waals surface area contributed by atoms with E-state index in [0.717, 1.165) is 0 Å². The monoisotopic (exact) mass is 215 g/mol. The van der Waals surface area contributed by atoms with E-state index in [-0.39, 0.29) is 29.6 Å². The Balaban J connectivity index is 4.37. The van der Waals surface area contributed by atoms with E-state index < -0.39 is 0 Å². The number of amides is 1. The average Bonchev–Trinajstić information content (AvgIpc) is 2.22. The second kappa shape index (κ2) is 6.27. The molecule has 0 spiro atoms. The molecule has 1 amide bonds. The van der Waals surface area contributed by atoms with E-state index in [9.17, 15) is 4.79 Å². The molecule has 0 aliphatic rings. The van der Waals surface area contributed by atoms with Crippen molar-refractivity contribution in [3.63, 3.8) is 0 Å². The van der Waals surface area contributed by atoms with Gasteiger partial charge in [-0.2, -0.15) is 0 Å². The number of nitrogens with zero attached hydrogens (tertiary/aromatic N) is 1. The van der Waals surface area contributed by atoms with Gasteiger partial charge in [-0.1, -0.05) is 32.9 Å². The smallest absolute Gasteiger partial charge is 0.223 e. The molecule has 0 aromatic rings. The minimum absolute atomic E-state index is 0.0433. The van der Waals surface area contributed by atoms with Gasteiger partial charge in [-0.05, 0) is 12.3 Å². The van der Waals surface area contributed by atoms with E-state index in [1.807, 2.05) is 27.7 Å². The standard InChI is InChI=1S/C10H21N3O2/c1-5-8(9(11)13-15)12-10(14)7(4)6(2)3/h6-8,15H,5H2,1-4H3,(H2,11,13)(H,12,14). The van der Waals surface area contributed by atoms with Crippen molar-refractivity contribution in [2.45, 2.75) is 40.2 Å². The van der Waals surface area contributed by atoms with Gasteiger partial charge in [0.05, 0.1) is 6.04 Å². The van der Waals surface area contributed by atoms with Crippen LogP contribution in [0.1, 0.15) is 34.1 Å². The van der Waals surface area contributed by atoms with Crippen LogP contribution in [0.25, 0.3) is 0 Å². The van der Waals surface area contributed by atoms with Crippen LogP contribution in [0.5, 0.6) is 0 Å². The molecule has 5 heteroatoms. The van der Waals surface area contributed by atoms with Gasteiger partial charge < -0.3 is 16.3 Å². The van der Waals surface area contributed by atoms with Gasteiger partial charge in [0.25, 0.3) is 0 Å². The number of rotatable bonds is 5. The predicted molar refractivity (Wildman–Crippen MR) is 59.6 cm³/mol. The molecular formula is C10H21N3O2. The van der Waals surface area contributed by atoms with Gasteiger partial charge in [0, 0.05) is 5.92 Å². The molecule has 0 radical (unpaired) electrons. The van der Waals surface area contributed by atoms with Gasteiger partial charge >= 0.3 is 0 Å². The number of carbonyl (C=O) groups is 1. The zero-order chi connectivity index (χ0) is 12.0. The summed E-state index contributed by atoms with van der Waals surface area (Å²) in [7, 11) is 0. The fourth-order valence-corrected chi connectivity index (χ4v) is 1.06. The van der Waals surface area contributed by atoms with Gasteiger partial charge in [0.15, 0.2) is 5.84 Å². The van der Waals surface area contributed by atoms with Crippen molar-refractivity contribution in [1.82, 2.24) is 5.32 Å². The molecule has 0 aliphatic carbocycles. The first-order valence-electron chi connectivity index (χ1n) is 5.21. The Morgan fingerprint density at radius 3 is 2.33 bits per heavy atom. The molecule has 0 heterocycles. The molecule has 2 atom stereocenters. The molecular weight excluding hydrogens is 194 g/mol. The number of amidine groups is 1. The number of hydrogen-bond acceptors (Lipinski definition) is 3. The molecule has 0 saturated heterocycles. The lowest BCUT2D eigenvalue weighted by molar-refractivity contribution is -0.126. The molecule has 0 aliphatic heterocycles. The van der Waals surface area contributed by atoms with Crippen molar-refractivity contribution < 1.29 is 10.0 Å². The third kappa shape index (κ3) is 4.18. The van der Waals surface area contributed by atoms with Crippen LogP contribution in [-0.4, -0.2) is 23.0 Å². The second-order valence-electron chi connectivity index (χ2n) is 4.03. The van der Waals surface area contributed by atoms with Gasteiger partial charge in [-0.25, -0.2) is 0 Å². The minimum atomic E-state index is -0.385. The van der Waals surface area contributed by atoms with Crippen molar-refractivity contribution in [3.05, 3.63) is 0 Å². The first kappa shape index (κ1) is 13.7. The van der Waals surface area contributed by atoms with Crippen molar-refractivity contribution in [1.29, 1.82) is 0 Å². The molecule has 0 bridgehead atoms. The maximum Gasteiger partial charge on any atom is 0.223 e. The van der Waals surface area contributed by atoms with Gasteiger partial charge in [-0.15, -0.1) is 0 Å². The molecule has 0 saturated carbocycles. The third-order valence-corrected chi connectivity index (χ3v) is 2.61. The number of oxime groups is 1. The maximum absolute atomic E-state index is 11.7. The highest BCUT2D eigenvalue weighted by molar-refractivity contribution is 5.90. The first-order valence-corrected chi connectivity index (χ1v) is 5.21. The number of nitrogens with two attached hydrogens (primary N) is 1. The highest BCUT2D eigenvalue weighted by atomic mass is 16.4. The van der Waals surface area contributed by atoms with Crippen LogP contribution < -0.4 is 11.1 Å². The van der Waals surface area contributed by atoms with Gasteiger partial charge in [0.1, 0.15) is 0 Å². The number of carbonyl (C=O) groups excluding carboxylic acids is 1. The average molecular weight is 215 g/mol. The molecule has 2 unspecified atom stereocenters. The summed E-state index contributed by atoms with van der Waals surface area (Å²) in [6.07, 6.45) is 0.604. The van der Waals surface area contributed by atoms with Crippen molar-refractivity contribution in [2.75, 3.05) is 0 Å². The van der Waals surface area contributed by atoms with Crippen molar-refractivity contribution in [2.24, 2.45) is 22.7 Å². The van der Waals surface area contributed by atoms with E-state index in [1.54, 1.807) is 0 Å². The largest absolute Gasteiger partial charge is 0.409 e. The van der Waals surface area contributed by atoms with Crippen LogP contribution in [-0.2, 0) is 4.79 Å². The Bertz CT molecular complexity index is 239. The van der Waals surface area contributed by atoms with Crippen LogP contribution in [0.4, 0.5) is 0 Å². The Morgan fingerprint density at radius 1 is 1.47 bits per heavy atom. The lowest BCUT2D eigenvalue weighted by Crippen LogP contribution is -2.46. The Kier molecular flexibility index (Phi) is 5.74. The third-order valence-electron chi connectivity index (χ3n) is 2.61. The SMILES string of the molecule is CCC(NC(=O)C(C)C(C)C)C(N)=NO. The first-order chi connectivity index (χ1) is 6.93. The molecule has 0 fully saturated rings. The molecule has 0 aromatic heterocycles. The van der Waals surface area contributed by atoms with Crippen molar-refractivity contribution >= 4 is 11.7 Å². The predicted octanol–water partition coefficient (Wildman–Crippen LogP) is 0.920. The fourth-order valence-electron chi connectivity index (χ4n) is 1.06. The Morgan fingerprint density at radius 2 is 2.00 bits per heavy atom. The number of hydrogen-bond donors (Lipinski definition) is 3. The summed E-state index contributed by atoms with van der Waals surface area (Å²) in [4.78, 5) is 11.7. The van der Waals surface area contributed by atoms with E-state index in [0.29, 0.717) is 6.42 Å². The summed E-state index contributed by atoms with van der Waals surface area (Å²) in [5.41, 5.74) is 5.44. The Hall–Kier alpha value is -1.26.